The van der Waals surface area contributed by atoms with Crippen molar-refractivity contribution >= 4 is 50.1 Å². The second-order valence-corrected chi connectivity index (χ2v) is 21.8. The van der Waals surface area contributed by atoms with E-state index in [1.807, 2.05) is 39.8 Å². The van der Waals surface area contributed by atoms with Crippen molar-refractivity contribution in [1.29, 1.82) is 0 Å². The molecule has 1 aromatic carbocycles. The molecule has 6 bridgehead atoms. The summed E-state index contributed by atoms with van der Waals surface area (Å²) in [4.78, 5) is 55.8. The normalized spacial score (nSPS) is 27.0. The first-order valence-electron chi connectivity index (χ1n) is 20.8. The standard InChI is InChI=1S/C43H60N6O6S2/c1-10-28-23-43(28)39(52)47-57(53,54)42(20-21-42)19-14-12-11-13-18-33-34(25(2)3)44-37(56-33)30-16-15-17-31-35(30)45-40(49(31)26(4)5)55-29-22-32(36(50)46-43)48(24-29)38(51)27(6)41(7,8)9/h10,15-17,25-29,32H,1,11-14,18-24H2,2-9H3,(H,46,50)(H,47,52)/t27-,28-,29-,32+,43-/m1/s1. The van der Waals surface area contributed by atoms with E-state index in [9.17, 15) is 22.8 Å². The maximum absolute atomic E-state index is 14.5. The van der Waals surface area contributed by atoms with E-state index in [1.54, 1.807) is 22.3 Å². The van der Waals surface area contributed by atoms with Crippen LogP contribution >= 0.6 is 11.3 Å². The second kappa shape index (κ2) is 15.1. The fourth-order valence-corrected chi connectivity index (χ4v) is 11.6. The fraction of sp³-hybridized carbons (Fsp3) is 0.651. The van der Waals surface area contributed by atoms with E-state index in [0.29, 0.717) is 25.3 Å². The van der Waals surface area contributed by atoms with Crippen molar-refractivity contribution in [2.45, 2.75) is 154 Å². The lowest BCUT2D eigenvalue weighted by atomic mass is 9.81. The van der Waals surface area contributed by atoms with Gasteiger partial charge in [0.1, 0.15) is 28.2 Å². The molecule has 2 aromatic heterocycles. The Balaban J connectivity index is 1.29. The third-order valence-corrected chi connectivity index (χ3v) is 16.3. The molecule has 2 aliphatic heterocycles. The number of likely N-dealkylation sites (tertiary alicyclic amines) is 1. The summed E-state index contributed by atoms with van der Waals surface area (Å²) in [5.41, 5.74) is 1.85. The Morgan fingerprint density at radius 1 is 1.05 bits per heavy atom. The summed E-state index contributed by atoms with van der Waals surface area (Å²) in [6.07, 6.45) is 7.26. The first-order valence-corrected chi connectivity index (χ1v) is 23.1. The molecule has 57 heavy (non-hydrogen) atoms. The number of ether oxygens (including phenoxy) is 1. The number of amides is 3. The van der Waals surface area contributed by atoms with E-state index in [1.165, 1.54) is 4.88 Å². The molecule has 5 atom stereocenters. The van der Waals surface area contributed by atoms with Gasteiger partial charge in [-0.05, 0) is 75.8 Å². The Labute approximate surface area is 341 Å². The van der Waals surface area contributed by atoms with Crippen LogP contribution in [0.25, 0.3) is 21.6 Å². The van der Waals surface area contributed by atoms with E-state index in [4.69, 9.17) is 14.7 Å². The van der Waals surface area contributed by atoms with Crippen LogP contribution in [0.4, 0.5) is 0 Å². The number of nitrogens with one attached hydrogen (secondary N) is 2. The summed E-state index contributed by atoms with van der Waals surface area (Å²) in [5, 5.41) is 3.85. The van der Waals surface area contributed by atoms with Crippen molar-refractivity contribution in [3.05, 3.63) is 41.4 Å². The highest BCUT2D eigenvalue weighted by molar-refractivity contribution is 7.91. The number of fused-ring (bicyclic) bond motifs is 6. The Hall–Kier alpha value is -3.78. The van der Waals surface area contributed by atoms with E-state index in [-0.39, 0.29) is 42.7 Å². The molecule has 310 valence electrons. The minimum absolute atomic E-state index is 0.0183. The summed E-state index contributed by atoms with van der Waals surface area (Å²) in [5.74, 6) is -2.11. The number of thiazole rings is 1. The predicted octanol–water partition coefficient (Wildman–Crippen LogP) is 7.44. The molecule has 3 amide bonds. The molecule has 7 rings (SSSR count). The quantitative estimate of drug-likeness (QED) is 0.258. The number of carbonyl (C=O) groups is 3. The molecule has 4 aliphatic rings. The average Bonchev–Trinajstić information content (AvgIpc) is 3.91. The monoisotopic (exact) mass is 820 g/mol. The molecule has 2 aliphatic carbocycles. The van der Waals surface area contributed by atoms with Crippen LogP contribution in [-0.4, -0.2) is 74.6 Å². The summed E-state index contributed by atoms with van der Waals surface area (Å²) < 4.78 is 37.9. The van der Waals surface area contributed by atoms with Crippen molar-refractivity contribution in [1.82, 2.24) is 29.5 Å². The van der Waals surface area contributed by atoms with E-state index in [0.717, 1.165) is 59.4 Å². The molecule has 4 heterocycles. The van der Waals surface area contributed by atoms with Crippen LogP contribution in [0.1, 0.15) is 136 Å². The second-order valence-electron chi connectivity index (χ2n) is 18.6. The molecule has 2 saturated carbocycles. The van der Waals surface area contributed by atoms with Gasteiger partial charge >= 0.3 is 0 Å². The fourth-order valence-electron chi connectivity index (χ4n) is 8.64. The lowest BCUT2D eigenvalue weighted by Gasteiger charge is -2.33. The summed E-state index contributed by atoms with van der Waals surface area (Å²) in [6.45, 7) is 20.3. The van der Waals surface area contributed by atoms with Crippen molar-refractivity contribution in [2.24, 2.45) is 17.3 Å². The summed E-state index contributed by atoms with van der Waals surface area (Å²) >= 11 is 1.71. The number of hydrogen-bond donors (Lipinski definition) is 2. The van der Waals surface area contributed by atoms with Gasteiger partial charge in [-0.15, -0.1) is 17.9 Å². The molecular weight excluding hydrogens is 761 g/mol. The van der Waals surface area contributed by atoms with Gasteiger partial charge in [-0.3, -0.25) is 23.7 Å². The van der Waals surface area contributed by atoms with E-state index < -0.39 is 56.1 Å². The molecule has 2 spiro atoms. The highest BCUT2D eigenvalue weighted by Crippen LogP contribution is 2.50. The van der Waals surface area contributed by atoms with Crippen LogP contribution in [-0.2, 0) is 30.8 Å². The summed E-state index contributed by atoms with van der Waals surface area (Å²) in [7, 11) is -4.02. The zero-order valence-electron chi connectivity index (χ0n) is 34.8. The topological polar surface area (TPSA) is 153 Å². The number of hydrogen-bond acceptors (Lipinski definition) is 9. The Morgan fingerprint density at radius 2 is 1.77 bits per heavy atom. The van der Waals surface area contributed by atoms with Gasteiger partial charge in [-0.2, -0.15) is 4.98 Å². The number of para-hydroxylation sites is 1. The number of sulfonamides is 1. The van der Waals surface area contributed by atoms with Crippen LogP contribution in [0.5, 0.6) is 6.01 Å². The highest BCUT2D eigenvalue weighted by atomic mass is 32.2. The molecule has 12 nitrogen and oxygen atoms in total. The Bertz CT molecular complexity index is 2180. The number of rotatable bonds is 4. The van der Waals surface area contributed by atoms with Gasteiger partial charge in [0.05, 0.1) is 22.5 Å². The van der Waals surface area contributed by atoms with Crippen LogP contribution < -0.4 is 14.8 Å². The maximum Gasteiger partial charge on any atom is 0.297 e. The van der Waals surface area contributed by atoms with Gasteiger partial charge < -0.3 is 15.0 Å². The molecule has 2 N–H and O–H groups in total. The molecular formula is C43H60N6O6S2. The molecule has 3 aromatic rings. The van der Waals surface area contributed by atoms with Gasteiger partial charge in [-0.1, -0.05) is 72.9 Å². The largest absolute Gasteiger partial charge is 0.459 e. The first-order chi connectivity index (χ1) is 26.8. The van der Waals surface area contributed by atoms with Crippen LogP contribution in [0, 0.1) is 17.3 Å². The predicted molar refractivity (Wildman–Crippen MR) is 223 cm³/mol. The minimum Gasteiger partial charge on any atom is -0.459 e. The van der Waals surface area contributed by atoms with Gasteiger partial charge in [0.15, 0.2) is 0 Å². The smallest absolute Gasteiger partial charge is 0.297 e. The maximum atomic E-state index is 14.5. The zero-order valence-corrected chi connectivity index (χ0v) is 36.4. The van der Waals surface area contributed by atoms with Crippen molar-refractivity contribution in [3.8, 4) is 16.6 Å². The molecule has 0 radical (unpaired) electrons. The average molecular weight is 821 g/mol. The molecule has 3 fully saturated rings. The van der Waals surface area contributed by atoms with Crippen LogP contribution in [0.2, 0.25) is 0 Å². The number of aryl methyl sites for hydroxylation is 1. The number of aromatic nitrogens is 3. The Morgan fingerprint density at radius 3 is 2.40 bits per heavy atom. The molecule has 0 unspecified atom stereocenters. The van der Waals surface area contributed by atoms with E-state index >= 15 is 0 Å². The summed E-state index contributed by atoms with van der Waals surface area (Å²) in [6, 6.07) is 5.55. The van der Waals surface area contributed by atoms with Crippen LogP contribution in [0.15, 0.2) is 30.9 Å². The van der Waals surface area contributed by atoms with Gasteiger partial charge in [0.25, 0.3) is 11.9 Å². The highest BCUT2D eigenvalue weighted by Gasteiger charge is 2.63. The number of benzene rings is 1. The lowest BCUT2D eigenvalue weighted by molar-refractivity contribution is -0.144. The Kier molecular flexibility index (Phi) is 11.0. The van der Waals surface area contributed by atoms with Gasteiger partial charge in [-0.25, -0.2) is 13.4 Å². The minimum atomic E-state index is -4.02. The third-order valence-electron chi connectivity index (χ3n) is 12.9. The lowest BCUT2D eigenvalue weighted by Crippen LogP contribution is -2.57. The SMILES string of the molecule is C=C[C@@H]1C[C@@]12NC(=O)[C@@H]1C[C@H](CN1C(=O)[C@@H](C)C(C)(C)C)Oc1nc3c(cccc3n1C(C)C)-c1nc(C(C)C)c(s1)CCCCCCC1(CC1)S(=O)(=O)NC2=O. The molecule has 1 saturated heterocycles. The molecule has 14 heteroatoms. The third kappa shape index (κ3) is 7.65. The van der Waals surface area contributed by atoms with Gasteiger partial charge in [0, 0.05) is 34.7 Å². The number of carbonyl (C=O) groups excluding carboxylic acids is 3. The van der Waals surface area contributed by atoms with Gasteiger partial charge in [0.2, 0.25) is 21.8 Å². The number of nitrogens with zero attached hydrogens (tertiary/aromatic N) is 4. The van der Waals surface area contributed by atoms with Crippen LogP contribution in [0.3, 0.4) is 0 Å². The van der Waals surface area contributed by atoms with Crippen molar-refractivity contribution in [3.63, 3.8) is 0 Å². The number of imidazole rings is 1. The van der Waals surface area contributed by atoms with Crippen molar-refractivity contribution in [2.75, 3.05) is 6.54 Å². The zero-order chi connectivity index (χ0) is 41.2. The van der Waals surface area contributed by atoms with E-state index in [2.05, 4.69) is 54.9 Å². The van der Waals surface area contributed by atoms with Crippen molar-refractivity contribution < 1.29 is 27.5 Å². The first kappa shape index (κ1) is 41.4.